The zero-order valence-electron chi connectivity index (χ0n) is 86.6. The lowest BCUT2D eigenvalue weighted by molar-refractivity contribution is 0.129. The summed E-state index contributed by atoms with van der Waals surface area (Å²) in [6.07, 6.45) is 34.5. The highest BCUT2D eigenvalue weighted by molar-refractivity contribution is 5.18. The number of likely N-dealkylation sites (tertiary alicyclic amines) is 2. The van der Waals surface area contributed by atoms with E-state index in [-0.39, 0.29) is 0 Å². The Hall–Kier alpha value is -2.53. The van der Waals surface area contributed by atoms with Gasteiger partial charge in [0.1, 0.15) is 0 Å². The van der Waals surface area contributed by atoms with Crippen molar-refractivity contribution < 1.29 is 5.11 Å². The van der Waals surface area contributed by atoms with E-state index in [1.54, 1.807) is 0 Å². The Bertz CT molecular complexity index is 2210. The van der Waals surface area contributed by atoms with Crippen molar-refractivity contribution in [1.29, 1.82) is 0 Å². The van der Waals surface area contributed by atoms with Crippen LogP contribution in [-0.2, 0) is 6.42 Å². The minimum atomic E-state index is 0.331. The van der Waals surface area contributed by atoms with Crippen LogP contribution >= 0.6 is 0 Å². The molecule has 2 saturated heterocycles. The van der Waals surface area contributed by atoms with E-state index in [1.807, 2.05) is 30.5 Å². The Morgan fingerprint density at radius 1 is 0.339 bits per heavy atom. The van der Waals surface area contributed by atoms with Crippen molar-refractivity contribution in [1.82, 2.24) is 14.8 Å². The van der Waals surface area contributed by atoms with E-state index in [0.717, 1.165) is 142 Å². The first-order valence-electron chi connectivity index (χ1n) is 49.7. The molecule has 4 heteroatoms. The third kappa shape index (κ3) is 86.2. The van der Waals surface area contributed by atoms with Crippen molar-refractivity contribution >= 4 is 0 Å². The fourth-order valence-electron chi connectivity index (χ4n) is 13.4. The first-order chi connectivity index (χ1) is 53.6. The van der Waals surface area contributed by atoms with Gasteiger partial charge in [0.25, 0.3) is 0 Å². The quantitative estimate of drug-likeness (QED) is 0.130. The maximum atomic E-state index is 8.24. The van der Waals surface area contributed by atoms with Gasteiger partial charge in [-0.05, 0) is 270 Å². The van der Waals surface area contributed by atoms with Gasteiger partial charge in [0, 0.05) is 24.5 Å². The van der Waals surface area contributed by atoms with Gasteiger partial charge in [0.15, 0.2) is 0 Å². The van der Waals surface area contributed by atoms with Crippen LogP contribution in [0.4, 0.5) is 0 Å². The van der Waals surface area contributed by atoms with Gasteiger partial charge in [-0.2, -0.15) is 0 Å². The van der Waals surface area contributed by atoms with Crippen LogP contribution in [0.25, 0.3) is 0 Å². The molecule has 0 bridgehead atoms. The first kappa shape index (κ1) is 123. The van der Waals surface area contributed by atoms with Gasteiger partial charge in [-0.25, -0.2) is 0 Å². The molecule has 4 aliphatic carbocycles. The first-order valence-corrected chi connectivity index (χ1v) is 49.7. The summed E-state index contributed by atoms with van der Waals surface area (Å²) in [5.41, 5.74) is 4.02. The molecule has 6 fully saturated rings. The topological polar surface area (TPSA) is 39.6 Å². The zero-order valence-corrected chi connectivity index (χ0v) is 86.6. The molecule has 2 aliphatic heterocycles. The number of benzene rings is 2. The summed E-state index contributed by atoms with van der Waals surface area (Å²) in [4.78, 5) is 9.20. The number of aliphatic hydroxyl groups excluding tert-OH is 1. The second kappa shape index (κ2) is 79.9. The molecule has 1 N–H and O–H groups in total. The van der Waals surface area contributed by atoms with Crippen molar-refractivity contribution in [2.24, 2.45) is 130 Å². The molecule has 6 aliphatic rings. The average molecular weight is 1610 g/mol. The van der Waals surface area contributed by atoms with Crippen molar-refractivity contribution in [2.45, 2.75) is 443 Å². The van der Waals surface area contributed by atoms with Crippen LogP contribution in [-0.4, -0.2) is 65.8 Å². The summed E-state index contributed by atoms with van der Waals surface area (Å²) < 4.78 is 0. The molecule has 0 amide bonds. The molecular weight excluding hydrogens is 1390 g/mol. The highest BCUT2D eigenvalue weighted by Crippen LogP contribution is 2.36. The van der Waals surface area contributed by atoms with Crippen molar-refractivity contribution in [3.05, 3.63) is 102 Å². The van der Waals surface area contributed by atoms with Gasteiger partial charge < -0.3 is 14.9 Å². The fraction of sp³-hybridized carbons (Fsp3) is 0.847. The lowest BCUT2D eigenvalue weighted by atomic mass is 9.78. The Labute approximate surface area is 729 Å². The van der Waals surface area contributed by atoms with Gasteiger partial charge in [0.2, 0.25) is 0 Å². The van der Waals surface area contributed by atoms with Crippen molar-refractivity contribution in [2.75, 3.05) is 39.8 Å². The van der Waals surface area contributed by atoms with E-state index in [4.69, 9.17) is 5.11 Å². The summed E-state index contributed by atoms with van der Waals surface area (Å²) >= 11 is 0. The minimum Gasteiger partial charge on any atom is -0.396 e. The molecule has 4 nitrogen and oxygen atoms in total. The third-order valence-electron chi connectivity index (χ3n) is 24.4. The number of hydrogen-bond acceptors (Lipinski definition) is 4. The molecule has 1 atom stereocenters. The van der Waals surface area contributed by atoms with Gasteiger partial charge in [-0.15, -0.1) is 0 Å². The lowest BCUT2D eigenvalue weighted by Crippen LogP contribution is -2.39. The second-order valence-corrected chi connectivity index (χ2v) is 42.7. The maximum absolute atomic E-state index is 8.24. The minimum absolute atomic E-state index is 0.331. The smallest absolute Gasteiger partial charge is 0.0433 e. The number of aromatic nitrogens is 1. The summed E-state index contributed by atoms with van der Waals surface area (Å²) in [5, 5.41) is 8.24. The molecule has 4 saturated carbocycles. The molecule has 0 spiro atoms. The third-order valence-corrected chi connectivity index (χ3v) is 24.4. The monoisotopic (exact) mass is 1610 g/mol. The molecule has 1 aromatic heterocycles. The van der Waals surface area contributed by atoms with E-state index >= 15 is 0 Å². The molecule has 115 heavy (non-hydrogen) atoms. The standard InChI is InChI=1S/C11H23N.C10H14.C9H19N.C9H18.C9H12.C8H11N.C8H16.C7H14.2C7H16.C6H12.C6H14.C5H12O.C5H12.C4H10/c1-9(2)11-5-7-12(8-6-11)10(3)4;1-9(2)8-10-6-4-3-5-7-10;1-8(2)9-4-6-10(3)7-5-9;2*1-8(2)9-6-4-3-5-7-9;1-7(2)8-5-3-4-6-9-8;1-7(2)8-5-3-4-6-8;1-6(2)7-4-3-5-7;1-6(2)5-7(3)4;1-5-7(4)6(2)3;1-5(2)6-3-4-6;1-5(2)6(3)4;1-5(2)3-4-6;1-4-5(2)3;1-4(2)3/h9-11H,5-8H2,1-4H3;3-7,9H,8H2,1-2H3;8-9H,4-7H2,1-3H3;8-9H,3-7H2,1-2H3;3-8H,1-2H3;3-7H,1-2H3;7-8H,3-6H2,1-2H3;6-7H,3-5H2,1-2H3;2*6-7H,5H2,1-4H3;5-6H,3-4H2,1-2H3;5-6H,1-4H3;5-6H,3-4H2,1-2H3;5H,4H2,1-3H3;4H,1-3H3. The average Bonchev–Trinajstić information content (AvgIpc) is 1.19. The molecule has 1 unspecified atom stereocenters. The SMILES string of the molecule is CC(C)C.CC(C)C(C)C.CC(C)C1CC1.CC(C)C1CCC1.CC(C)C1CCCC1.CC(C)C1CCCCC1.CC(C)C1CCN(C(C)C)CC1.CC(C)C1CCN(C)CC1.CC(C)CC(C)C.CC(C)CCO.CC(C)Cc1ccccc1.CC(C)c1ccccc1.CC(C)c1ccccn1.CCC(C)C.CCC(C)C(C)C. The van der Waals surface area contributed by atoms with Crippen LogP contribution in [0.5, 0.6) is 0 Å². The number of piperidine rings is 2. The van der Waals surface area contributed by atoms with E-state index in [9.17, 15) is 0 Å². The Morgan fingerprint density at radius 2 is 0.670 bits per heavy atom. The number of nitrogens with zero attached hydrogens (tertiary/aromatic N) is 3. The molecule has 684 valence electrons. The maximum Gasteiger partial charge on any atom is 0.0433 e. The lowest BCUT2D eigenvalue weighted by Gasteiger charge is -2.36. The van der Waals surface area contributed by atoms with E-state index in [1.165, 1.54) is 179 Å². The molecule has 9 rings (SSSR count). The summed E-state index contributed by atoms with van der Waals surface area (Å²) in [6.45, 7) is 95.9. The van der Waals surface area contributed by atoms with Gasteiger partial charge in [-0.3, -0.25) is 4.98 Å². The predicted octanol–water partition coefficient (Wildman–Crippen LogP) is 35.6. The van der Waals surface area contributed by atoms with Gasteiger partial charge in [0.05, 0.1) is 0 Å². The van der Waals surface area contributed by atoms with Crippen LogP contribution in [0, 0.1) is 130 Å². The normalized spacial score (nSPS) is 16.3. The summed E-state index contributed by atoms with van der Waals surface area (Å²) in [7, 11) is 2.22. The highest BCUT2D eigenvalue weighted by atomic mass is 16.3. The Balaban J connectivity index is -0.000000279. The number of hydrogen-bond donors (Lipinski definition) is 1. The summed E-state index contributed by atoms with van der Waals surface area (Å²) in [5.74, 6) is 21.4. The van der Waals surface area contributed by atoms with E-state index in [0.29, 0.717) is 24.4 Å². The highest BCUT2D eigenvalue weighted by Gasteiger charge is 2.25. The molecule has 3 heterocycles. The Morgan fingerprint density at radius 3 is 0.852 bits per heavy atom. The fourth-order valence-corrected chi connectivity index (χ4v) is 13.4. The van der Waals surface area contributed by atoms with Crippen LogP contribution in [0.1, 0.15) is 447 Å². The van der Waals surface area contributed by atoms with Crippen LogP contribution in [0.3, 0.4) is 0 Å². The zero-order chi connectivity index (χ0) is 89.7. The predicted molar refractivity (Wildman–Crippen MR) is 532 cm³/mol. The van der Waals surface area contributed by atoms with Gasteiger partial charge >= 0.3 is 0 Å². The number of rotatable bonds is 19. The molecule has 0 radical (unpaired) electrons. The largest absolute Gasteiger partial charge is 0.396 e. The molecule has 3 aromatic rings. The van der Waals surface area contributed by atoms with Gasteiger partial charge in [-0.1, -0.05) is 420 Å². The van der Waals surface area contributed by atoms with Crippen molar-refractivity contribution in [3.8, 4) is 0 Å². The number of pyridine rings is 1. The second-order valence-electron chi connectivity index (χ2n) is 42.7. The van der Waals surface area contributed by atoms with Crippen molar-refractivity contribution in [3.63, 3.8) is 0 Å². The van der Waals surface area contributed by atoms with E-state index in [2.05, 4.69) is 353 Å². The molecular formula is C111H219N3O. The van der Waals surface area contributed by atoms with Crippen LogP contribution in [0.15, 0.2) is 85.1 Å². The van der Waals surface area contributed by atoms with E-state index < -0.39 is 0 Å². The molecule has 2 aromatic carbocycles. The number of aliphatic hydroxyl groups is 1. The van der Waals surface area contributed by atoms with Crippen LogP contribution < -0.4 is 0 Å². The summed E-state index contributed by atoms with van der Waals surface area (Å²) in [6, 6.07) is 27.9. The van der Waals surface area contributed by atoms with Crippen LogP contribution in [0.2, 0.25) is 0 Å². The Kier molecular flexibility index (Phi) is 85.7.